The highest BCUT2D eigenvalue weighted by Crippen LogP contribution is 2.63. The van der Waals surface area contributed by atoms with Gasteiger partial charge in [-0.25, -0.2) is 0 Å². The topological polar surface area (TPSA) is 38.7 Å². The van der Waals surface area contributed by atoms with E-state index in [9.17, 15) is 0 Å². The quantitative estimate of drug-likeness (QED) is 0.783. The lowest BCUT2D eigenvalue weighted by Crippen LogP contribution is -2.16. The SMILES string of the molecule is CC(O)CCSP1(=S)OCCC(C)O1. The molecule has 0 aromatic rings. The summed E-state index contributed by atoms with van der Waals surface area (Å²) >= 11 is 6.88. The minimum atomic E-state index is -2.09. The largest absolute Gasteiger partial charge is 0.393 e. The van der Waals surface area contributed by atoms with Crippen LogP contribution >= 0.6 is 17.1 Å². The van der Waals surface area contributed by atoms with Crippen LogP contribution in [0.15, 0.2) is 0 Å². The lowest BCUT2D eigenvalue weighted by atomic mass is 10.3. The van der Waals surface area contributed by atoms with Crippen LogP contribution in [0.5, 0.6) is 0 Å². The fraction of sp³-hybridized carbons (Fsp3) is 1.00. The van der Waals surface area contributed by atoms with E-state index in [4.69, 9.17) is 26.0 Å². The molecule has 0 spiro atoms. The highest BCUT2D eigenvalue weighted by atomic mass is 32.9. The van der Waals surface area contributed by atoms with Crippen molar-refractivity contribution in [2.45, 2.75) is 38.9 Å². The van der Waals surface area contributed by atoms with E-state index in [1.165, 1.54) is 0 Å². The Bertz CT molecular complexity index is 223. The third kappa shape index (κ3) is 4.60. The van der Waals surface area contributed by atoms with E-state index in [1.54, 1.807) is 18.3 Å². The van der Waals surface area contributed by atoms with E-state index in [1.807, 2.05) is 6.92 Å². The summed E-state index contributed by atoms with van der Waals surface area (Å²) in [5.41, 5.74) is -2.09. The molecule has 0 aromatic heterocycles. The fourth-order valence-electron chi connectivity index (χ4n) is 1.04. The average Bonchev–Trinajstić information content (AvgIpc) is 2.01. The van der Waals surface area contributed by atoms with Crippen molar-refractivity contribution in [2.24, 2.45) is 0 Å². The molecule has 3 unspecified atom stereocenters. The Labute approximate surface area is 94.5 Å². The van der Waals surface area contributed by atoms with Crippen molar-refractivity contribution >= 4 is 28.9 Å². The molecule has 1 rings (SSSR count). The Morgan fingerprint density at radius 1 is 1.71 bits per heavy atom. The standard InChI is InChI=1S/C8H17O3PS2/c1-7(9)4-6-14-12(13)10-5-3-8(2)11-12/h7-9H,3-6H2,1-2H3. The predicted octanol–water partition coefficient (Wildman–Crippen LogP) is 2.54. The van der Waals surface area contributed by atoms with Gasteiger partial charge >= 0.3 is 0 Å². The maximum atomic E-state index is 9.10. The number of hydrogen-bond acceptors (Lipinski definition) is 5. The minimum absolute atomic E-state index is 0.216. The molecule has 1 saturated heterocycles. The zero-order valence-electron chi connectivity index (χ0n) is 8.51. The third-order valence-electron chi connectivity index (χ3n) is 1.87. The first kappa shape index (κ1) is 12.9. The highest BCUT2D eigenvalue weighted by Gasteiger charge is 2.27. The highest BCUT2D eigenvalue weighted by molar-refractivity contribution is 8.67. The Balaban J connectivity index is 2.30. The Kier molecular flexibility index (Phi) is 5.39. The van der Waals surface area contributed by atoms with Crippen LogP contribution in [0.2, 0.25) is 0 Å². The molecule has 0 bridgehead atoms. The maximum absolute atomic E-state index is 9.10. The van der Waals surface area contributed by atoms with Gasteiger partial charge in [-0.05, 0) is 38.5 Å². The molecule has 84 valence electrons. The van der Waals surface area contributed by atoms with E-state index in [0.29, 0.717) is 6.61 Å². The Morgan fingerprint density at radius 3 is 3.00 bits per heavy atom. The summed E-state index contributed by atoms with van der Waals surface area (Å²) in [6.45, 7) is 4.51. The van der Waals surface area contributed by atoms with Crippen molar-refractivity contribution in [1.29, 1.82) is 0 Å². The van der Waals surface area contributed by atoms with Crippen molar-refractivity contribution in [1.82, 2.24) is 0 Å². The van der Waals surface area contributed by atoms with Gasteiger partial charge in [0.2, 0.25) is 5.69 Å². The number of aliphatic hydroxyl groups excluding tert-OH is 1. The van der Waals surface area contributed by atoms with E-state index < -0.39 is 5.69 Å². The van der Waals surface area contributed by atoms with Gasteiger partial charge < -0.3 is 14.2 Å². The fourth-order valence-corrected chi connectivity index (χ4v) is 6.17. The van der Waals surface area contributed by atoms with Crippen LogP contribution in [-0.4, -0.2) is 29.7 Å². The normalized spacial score (nSPS) is 35.5. The van der Waals surface area contributed by atoms with Crippen LogP contribution in [0.3, 0.4) is 0 Å². The molecule has 3 nitrogen and oxygen atoms in total. The molecule has 6 heteroatoms. The average molecular weight is 256 g/mol. The predicted molar refractivity (Wildman–Crippen MR) is 64.2 cm³/mol. The summed E-state index contributed by atoms with van der Waals surface area (Å²) in [4.78, 5) is 0. The van der Waals surface area contributed by atoms with Crippen molar-refractivity contribution in [2.75, 3.05) is 12.4 Å². The van der Waals surface area contributed by atoms with Gasteiger partial charge in [-0.3, -0.25) is 0 Å². The number of rotatable bonds is 4. The van der Waals surface area contributed by atoms with E-state index in [-0.39, 0.29) is 12.2 Å². The van der Waals surface area contributed by atoms with Gasteiger partial charge in [-0.15, -0.1) is 0 Å². The first-order valence-electron chi connectivity index (χ1n) is 4.77. The van der Waals surface area contributed by atoms with Gasteiger partial charge in [0.15, 0.2) is 0 Å². The van der Waals surface area contributed by atoms with Crippen LogP contribution in [0.4, 0.5) is 0 Å². The van der Waals surface area contributed by atoms with Crippen molar-refractivity contribution in [3.05, 3.63) is 0 Å². The van der Waals surface area contributed by atoms with Crippen LogP contribution in [0, 0.1) is 0 Å². The molecule has 1 heterocycles. The van der Waals surface area contributed by atoms with Gasteiger partial charge in [0.05, 0.1) is 18.8 Å². The second-order valence-electron chi connectivity index (χ2n) is 3.46. The molecular weight excluding hydrogens is 239 g/mol. The zero-order valence-corrected chi connectivity index (χ0v) is 11.0. The molecule has 1 aliphatic rings. The third-order valence-corrected chi connectivity index (χ3v) is 7.31. The van der Waals surface area contributed by atoms with E-state index in [2.05, 4.69) is 0 Å². The molecular formula is C8H17O3PS2. The summed E-state index contributed by atoms with van der Waals surface area (Å²) in [7, 11) is 0. The molecule has 1 fully saturated rings. The van der Waals surface area contributed by atoms with Gasteiger partial charge in [0, 0.05) is 5.75 Å². The lowest BCUT2D eigenvalue weighted by molar-refractivity contribution is 0.128. The Hall–Kier alpha value is 0.880. The second-order valence-corrected chi connectivity index (χ2v) is 9.84. The molecule has 1 N–H and O–H groups in total. The Morgan fingerprint density at radius 2 is 2.43 bits per heavy atom. The molecule has 0 amide bonds. The summed E-state index contributed by atoms with van der Waals surface area (Å²) in [6, 6.07) is 0. The van der Waals surface area contributed by atoms with E-state index in [0.717, 1.165) is 18.6 Å². The molecule has 0 radical (unpaired) electrons. The van der Waals surface area contributed by atoms with Gasteiger partial charge in [0.25, 0.3) is 0 Å². The van der Waals surface area contributed by atoms with Gasteiger partial charge in [0.1, 0.15) is 0 Å². The summed E-state index contributed by atoms with van der Waals surface area (Å²) < 4.78 is 11.1. The smallest absolute Gasteiger partial charge is 0.247 e. The molecule has 1 aliphatic heterocycles. The number of aliphatic hydroxyl groups is 1. The van der Waals surface area contributed by atoms with Crippen LogP contribution in [0.1, 0.15) is 26.7 Å². The van der Waals surface area contributed by atoms with Crippen molar-refractivity contribution in [3.63, 3.8) is 0 Å². The second kappa shape index (κ2) is 5.83. The molecule has 0 aliphatic carbocycles. The van der Waals surface area contributed by atoms with Gasteiger partial charge in [-0.1, -0.05) is 11.4 Å². The maximum Gasteiger partial charge on any atom is 0.247 e. The van der Waals surface area contributed by atoms with Gasteiger partial charge in [-0.2, -0.15) is 0 Å². The van der Waals surface area contributed by atoms with Crippen molar-refractivity contribution < 1.29 is 14.2 Å². The molecule has 0 aromatic carbocycles. The summed E-state index contributed by atoms with van der Waals surface area (Å²) in [6.07, 6.45) is 1.61. The summed E-state index contributed by atoms with van der Waals surface area (Å²) in [5, 5.41) is 9.10. The lowest BCUT2D eigenvalue weighted by Gasteiger charge is -2.30. The van der Waals surface area contributed by atoms with Crippen LogP contribution in [0.25, 0.3) is 0 Å². The monoisotopic (exact) mass is 256 g/mol. The molecule has 0 saturated carbocycles. The minimum Gasteiger partial charge on any atom is -0.393 e. The molecule has 3 atom stereocenters. The van der Waals surface area contributed by atoms with Crippen LogP contribution < -0.4 is 0 Å². The molecule has 14 heavy (non-hydrogen) atoms. The first-order chi connectivity index (χ1) is 6.52. The first-order valence-corrected chi connectivity index (χ1v) is 9.00. The van der Waals surface area contributed by atoms with E-state index >= 15 is 0 Å². The summed E-state index contributed by atoms with van der Waals surface area (Å²) in [5.74, 6) is 0.807. The van der Waals surface area contributed by atoms with Crippen molar-refractivity contribution in [3.8, 4) is 0 Å². The number of hydrogen-bond donors (Lipinski definition) is 1. The zero-order chi connectivity index (χ0) is 10.6. The van der Waals surface area contributed by atoms with Crippen LogP contribution in [-0.2, 0) is 20.9 Å².